The molecule has 1 rings (SSSR count). The molecule has 0 aliphatic carbocycles. The zero-order valence-electron chi connectivity index (χ0n) is 14.6. The lowest BCUT2D eigenvalue weighted by Crippen LogP contribution is -2.37. The summed E-state index contributed by atoms with van der Waals surface area (Å²) in [6, 6.07) is 0. The van der Waals surface area contributed by atoms with E-state index >= 15 is 0 Å². The Labute approximate surface area is 139 Å². The molecule has 3 nitrogen and oxygen atoms in total. The number of carbonyl (C=O) groups excluding carboxylic acids is 1. The van der Waals surface area contributed by atoms with Crippen molar-refractivity contribution in [1.82, 2.24) is 4.31 Å². The van der Waals surface area contributed by atoms with Gasteiger partial charge in [-0.3, -0.25) is 9.10 Å². The average molecular weight is 330 g/mol. The van der Waals surface area contributed by atoms with Crippen LogP contribution < -0.4 is 0 Å². The van der Waals surface area contributed by atoms with Crippen molar-refractivity contribution in [3.05, 3.63) is 0 Å². The number of carbonyl (C=O) groups is 1. The van der Waals surface area contributed by atoms with Crippen LogP contribution in [-0.2, 0) is 15.8 Å². The lowest BCUT2D eigenvalue weighted by molar-refractivity contribution is -0.125. The maximum atomic E-state index is 12.7. The van der Waals surface area contributed by atoms with E-state index in [-0.39, 0.29) is 11.2 Å². The van der Waals surface area contributed by atoms with Crippen molar-refractivity contribution in [2.75, 3.05) is 6.54 Å². The Hall–Kier alpha value is -0.380. The van der Waals surface area contributed by atoms with Crippen LogP contribution in [0.2, 0.25) is 0 Å². The highest BCUT2D eigenvalue weighted by Gasteiger charge is 2.26. The predicted octanol–water partition coefficient (Wildman–Crippen LogP) is 4.97. The van der Waals surface area contributed by atoms with Gasteiger partial charge in [0.2, 0.25) is 5.91 Å². The summed E-state index contributed by atoms with van der Waals surface area (Å²) in [4.78, 5) is 12.1. The molecule has 0 N–H and O–H groups in total. The molecule has 0 aromatic carbocycles. The van der Waals surface area contributed by atoms with Crippen LogP contribution in [-0.4, -0.2) is 26.2 Å². The molecule has 2 unspecified atom stereocenters. The number of rotatable bonds is 11. The molecule has 22 heavy (non-hydrogen) atoms. The first-order valence-electron chi connectivity index (χ1n) is 9.41. The van der Waals surface area contributed by atoms with Gasteiger partial charge in [-0.2, -0.15) is 0 Å². The predicted molar refractivity (Wildman–Crippen MR) is 95.0 cm³/mol. The summed E-state index contributed by atoms with van der Waals surface area (Å²) >= 11 is 0. The maximum Gasteiger partial charge on any atom is 0.234 e. The van der Waals surface area contributed by atoms with Gasteiger partial charge in [0.05, 0.1) is 5.25 Å². The van der Waals surface area contributed by atoms with Crippen LogP contribution in [0.4, 0.5) is 0 Å². The van der Waals surface area contributed by atoms with Crippen LogP contribution in [0.3, 0.4) is 0 Å². The van der Waals surface area contributed by atoms with Gasteiger partial charge in [-0.1, -0.05) is 65.2 Å². The molecular formula is C18H35NO2S. The third-order valence-corrected chi connectivity index (χ3v) is 6.58. The molecule has 0 aromatic rings. The van der Waals surface area contributed by atoms with E-state index in [1.807, 2.05) is 0 Å². The van der Waals surface area contributed by atoms with Gasteiger partial charge in [-0.25, -0.2) is 4.21 Å². The standard InChI is InChI=1S/C18H35NO2S/c1-3-5-6-7-8-9-11-14-17(4-2)22(21)19-16-13-10-12-15-18(19)20/h17H,3-16H2,1-2H3. The van der Waals surface area contributed by atoms with Gasteiger partial charge in [0, 0.05) is 13.0 Å². The number of unbranched alkanes of at least 4 members (excludes halogenated alkanes) is 6. The Morgan fingerprint density at radius 1 is 1.00 bits per heavy atom. The van der Waals surface area contributed by atoms with Crippen LogP contribution in [0.15, 0.2) is 0 Å². The Kier molecular flexibility index (Phi) is 10.8. The SMILES string of the molecule is CCCCCCCCCC(CC)S(=O)N1CCCCCC1=O. The van der Waals surface area contributed by atoms with Crippen molar-refractivity contribution in [2.24, 2.45) is 0 Å². The first-order valence-corrected chi connectivity index (χ1v) is 10.6. The van der Waals surface area contributed by atoms with Crippen LogP contribution in [0.5, 0.6) is 0 Å². The molecule has 0 saturated carbocycles. The molecule has 0 bridgehead atoms. The van der Waals surface area contributed by atoms with Gasteiger partial charge in [0.1, 0.15) is 11.0 Å². The Bertz CT molecular complexity index is 333. The molecule has 1 saturated heterocycles. The van der Waals surface area contributed by atoms with Gasteiger partial charge in [-0.15, -0.1) is 0 Å². The Morgan fingerprint density at radius 2 is 1.68 bits per heavy atom. The highest BCUT2D eigenvalue weighted by molar-refractivity contribution is 7.83. The third kappa shape index (κ3) is 7.26. The first-order chi connectivity index (χ1) is 10.7. The second kappa shape index (κ2) is 12.1. The molecule has 0 spiro atoms. The zero-order chi connectivity index (χ0) is 16.2. The summed E-state index contributed by atoms with van der Waals surface area (Å²) in [6.07, 6.45) is 14.6. The minimum atomic E-state index is -1.11. The third-order valence-electron chi connectivity index (χ3n) is 4.62. The van der Waals surface area contributed by atoms with Crippen LogP contribution in [0.25, 0.3) is 0 Å². The Morgan fingerprint density at radius 3 is 2.36 bits per heavy atom. The molecule has 0 radical (unpaired) electrons. The summed E-state index contributed by atoms with van der Waals surface area (Å²) < 4.78 is 14.4. The highest BCUT2D eigenvalue weighted by Crippen LogP contribution is 2.20. The molecule has 130 valence electrons. The normalized spacial score (nSPS) is 19.0. The lowest BCUT2D eigenvalue weighted by Gasteiger charge is -2.24. The van der Waals surface area contributed by atoms with E-state index in [1.54, 1.807) is 4.31 Å². The summed E-state index contributed by atoms with van der Waals surface area (Å²) in [5, 5.41) is 0.165. The van der Waals surface area contributed by atoms with E-state index in [2.05, 4.69) is 13.8 Å². The highest BCUT2D eigenvalue weighted by atomic mass is 32.2. The molecule has 1 heterocycles. The minimum Gasteiger partial charge on any atom is -0.274 e. The fraction of sp³-hybridized carbons (Fsp3) is 0.944. The smallest absolute Gasteiger partial charge is 0.234 e. The molecule has 4 heteroatoms. The fourth-order valence-corrected chi connectivity index (χ4v) is 4.72. The van der Waals surface area contributed by atoms with E-state index in [9.17, 15) is 9.00 Å². The quantitative estimate of drug-likeness (QED) is 0.502. The van der Waals surface area contributed by atoms with Crippen LogP contribution in [0.1, 0.15) is 97.3 Å². The van der Waals surface area contributed by atoms with Crippen molar-refractivity contribution < 1.29 is 9.00 Å². The second-order valence-corrected chi connectivity index (χ2v) is 8.18. The number of nitrogens with zero attached hydrogens (tertiary/aromatic N) is 1. The monoisotopic (exact) mass is 329 g/mol. The van der Waals surface area contributed by atoms with Gasteiger partial charge in [0.15, 0.2) is 0 Å². The molecular weight excluding hydrogens is 294 g/mol. The molecule has 1 amide bonds. The summed E-state index contributed by atoms with van der Waals surface area (Å²) in [6.45, 7) is 5.04. The zero-order valence-corrected chi connectivity index (χ0v) is 15.5. The average Bonchev–Trinajstić information content (AvgIpc) is 2.74. The molecule has 0 aromatic heterocycles. The summed E-state index contributed by atoms with van der Waals surface area (Å²) in [7, 11) is -1.11. The minimum absolute atomic E-state index is 0.105. The summed E-state index contributed by atoms with van der Waals surface area (Å²) in [5.41, 5.74) is 0. The van der Waals surface area contributed by atoms with Gasteiger partial charge >= 0.3 is 0 Å². The van der Waals surface area contributed by atoms with Gasteiger partial charge < -0.3 is 0 Å². The van der Waals surface area contributed by atoms with E-state index in [4.69, 9.17) is 0 Å². The summed E-state index contributed by atoms with van der Waals surface area (Å²) in [5.74, 6) is 0.105. The van der Waals surface area contributed by atoms with Crippen molar-refractivity contribution in [3.63, 3.8) is 0 Å². The maximum absolute atomic E-state index is 12.7. The molecule has 1 fully saturated rings. The van der Waals surface area contributed by atoms with E-state index in [0.717, 1.165) is 38.5 Å². The van der Waals surface area contributed by atoms with Gasteiger partial charge in [-0.05, 0) is 25.7 Å². The van der Waals surface area contributed by atoms with Gasteiger partial charge in [0.25, 0.3) is 0 Å². The van der Waals surface area contributed by atoms with Crippen molar-refractivity contribution in [1.29, 1.82) is 0 Å². The molecule has 2 atom stereocenters. The number of hydrogen-bond acceptors (Lipinski definition) is 2. The second-order valence-electron chi connectivity index (χ2n) is 6.52. The van der Waals surface area contributed by atoms with E-state index in [1.165, 1.54) is 38.5 Å². The molecule has 1 aliphatic heterocycles. The number of hydrogen-bond donors (Lipinski definition) is 0. The van der Waals surface area contributed by atoms with E-state index < -0.39 is 11.0 Å². The Balaban J connectivity index is 2.29. The fourth-order valence-electron chi connectivity index (χ4n) is 3.10. The first kappa shape index (κ1) is 19.7. The van der Waals surface area contributed by atoms with E-state index in [0.29, 0.717) is 13.0 Å². The van der Waals surface area contributed by atoms with Crippen molar-refractivity contribution >= 4 is 16.9 Å². The largest absolute Gasteiger partial charge is 0.274 e. The van der Waals surface area contributed by atoms with Crippen molar-refractivity contribution in [3.8, 4) is 0 Å². The molecule has 1 aliphatic rings. The topological polar surface area (TPSA) is 37.4 Å². The van der Waals surface area contributed by atoms with Crippen molar-refractivity contribution in [2.45, 2.75) is 103 Å². The van der Waals surface area contributed by atoms with Crippen LogP contribution in [0, 0.1) is 0 Å². The van der Waals surface area contributed by atoms with Crippen LogP contribution >= 0.6 is 0 Å². The number of amides is 1. The lowest BCUT2D eigenvalue weighted by atomic mass is 10.1.